The summed E-state index contributed by atoms with van der Waals surface area (Å²) in [5.41, 5.74) is 3.22. The molecule has 0 fully saturated rings. The van der Waals surface area contributed by atoms with E-state index in [0.717, 1.165) is 60.5 Å². The molecular formula is C54H67BBr2Cl2F3N8O8. The Labute approximate surface area is 479 Å². The van der Waals surface area contributed by atoms with Gasteiger partial charge in [0.05, 0.1) is 24.5 Å². The van der Waals surface area contributed by atoms with Gasteiger partial charge in [-0.1, -0.05) is 121 Å². The number of alkyl halides is 2. The van der Waals surface area contributed by atoms with Crippen LogP contribution in [-0.4, -0.2) is 67.1 Å². The summed E-state index contributed by atoms with van der Waals surface area (Å²) < 4.78 is 49.0. The van der Waals surface area contributed by atoms with Gasteiger partial charge in [-0.15, -0.1) is 23.2 Å². The number of fused-ring (bicyclic) bond motifs is 2. The third-order valence-electron chi connectivity index (χ3n) is 11.2. The first-order valence-corrected chi connectivity index (χ1v) is 26.9. The number of rotatable bonds is 15. The van der Waals surface area contributed by atoms with E-state index in [2.05, 4.69) is 54.8 Å². The smallest absolute Gasteiger partial charge is 0.354 e. The second-order valence-electron chi connectivity index (χ2n) is 16.8. The molecule has 24 heteroatoms. The molecule has 0 spiro atoms. The average molecular weight is 1250 g/mol. The lowest BCUT2D eigenvalue weighted by atomic mass is 10.0. The first-order valence-electron chi connectivity index (χ1n) is 24.3. The molecule has 78 heavy (non-hydrogen) atoms. The fraction of sp³-hybridized carbons (Fsp3) is 0.370. The van der Waals surface area contributed by atoms with Gasteiger partial charge in [0.15, 0.2) is 22.3 Å². The number of imidazole rings is 2. The Kier molecular flexibility index (Phi) is 30.5. The van der Waals surface area contributed by atoms with Crippen molar-refractivity contribution in [1.29, 1.82) is 0 Å². The lowest BCUT2D eigenvalue weighted by molar-refractivity contribution is 0.108. The predicted molar refractivity (Wildman–Crippen MR) is 314 cm³/mol. The van der Waals surface area contributed by atoms with Crippen molar-refractivity contribution in [3.63, 3.8) is 0 Å². The van der Waals surface area contributed by atoms with Crippen LogP contribution in [-0.2, 0) is 47.7 Å². The number of aliphatic hydroxyl groups excluding tert-OH is 2. The van der Waals surface area contributed by atoms with Gasteiger partial charge in [0, 0.05) is 52.9 Å². The van der Waals surface area contributed by atoms with E-state index in [1.54, 1.807) is 55.3 Å². The molecule has 0 saturated heterocycles. The summed E-state index contributed by atoms with van der Waals surface area (Å²) in [4.78, 5) is 60.1. The lowest BCUT2D eigenvalue weighted by Crippen LogP contribution is -2.37. The first-order chi connectivity index (χ1) is 36.9. The lowest BCUT2D eigenvalue weighted by Gasteiger charge is -2.13. The molecule has 0 amide bonds. The summed E-state index contributed by atoms with van der Waals surface area (Å²) in [6.07, 6.45) is 4.62. The first kappa shape index (κ1) is 68.2. The molecule has 423 valence electrons. The standard InChI is InChI=1S/C24H25BrN4O4.C24H25BrN4O3.C2H5BF.C2H6O.CH2Cl2.CH4.F2/c1-4-7-19(30)16-9-6-11-18(13-16)33-23-26-21-20(22(31)28(3)24(32)27(21)2)29(23)14-15-8-5-10-17(25)12-15;1-4-5-8-16-9-7-12-19(14-16)32-23-26-21-20(22(30)28(3)24(31)27(21)2)29(23)15-17-10-6-11-18(25)13-17;1-2-3-4;1-2-3;2-1-3;;1-2/h5-6,8-13,19,30H,4,7,14H2,1-3H3;6-7,9-14H,4-5,8,15H2,1-3H3;2H2,1H3;3H,2H2,1H3;1H2;1H4;. The van der Waals surface area contributed by atoms with Crippen LogP contribution in [0.5, 0.6) is 23.5 Å². The van der Waals surface area contributed by atoms with Crippen LogP contribution >= 0.6 is 55.1 Å². The summed E-state index contributed by atoms with van der Waals surface area (Å²) in [5.74, 6) is 1.13. The van der Waals surface area contributed by atoms with Crippen molar-refractivity contribution < 1.29 is 33.2 Å². The molecule has 8 rings (SSSR count). The van der Waals surface area contributed by atoms with Gasteiger partial charge >= 0.3 is 31.0 Å². The van der Waals surface area contributed by atoms with Gasteiger partial charge in [0.25, 0.3) is 11.1 Å². The van der Waals surface area contributed by atoms with E-state index in [-0.39, 0.29) is 42.6 Å². The van der Waals surface area contributed by atoms with Gasteiger partial charge < -0.3 is 24.0 Å². The minimum atomic E-state index is -0.591. The fourth-order valence-corrected chi connectivity index (χ4v) is 8.41. The minimum Gasteiger partial charge on any atom is -0.425 e. The average Bonchev–Trinajstić information content (AvgIpc) is 4.03. The summed E-state index contributed by atoms with van der Waals surface area (Å²) >= 11 is 16.5. The van der Waals surface area contributed by atoms with Crippen molar-refractivity contribution >= 4 is 84.9 Å². The van der Waals surface area contributed by atoms with Crippen molar-refractivity contribution in [1.82, 2.24) is 37.4 Å². The normalized spacial score (nSPS) is 10.7. The van der Waals surface area contributed by atoms with Gasteiger partial charge in [0.1, 0.15) is 11.5 Å². The van der Waals surface area contributed by atoms with Crippen molar-refractivity contribution in [2.24, 2.45) is 28.2 Å². The second kappa shape index (κ2) is 34.9. The maximum absolute atomic E-state index is 13.1. The number of ether oxygens (including phenoxy) is 2. The third-order valence-corrected chi connectivity index (χ3v) is 12.2. The van der Waals surface area contributed by atoms with E-state index < -0.39 is 28.6 Å². The highest BCUT2D eigenvalue weighted by Crippen LogP contribution is 2.30. The number of hydrogen-bond acceptors (Lipinski definition) is 10. The zero-order valence-corrected chi connectivity index (χ0v) is 48.7. The zero-order chi connectivity index (χ0) is 57.4. The Bertz CT molecular complexity index is 3390. The number of aromatic nitrogens is 8. The number of hydrogen-bond donors (Lipinski definition) is 2. The van der Waals surface area contributed by atoms with E-state index in [1.165, 1.54) is 28.8 Å². The summed E-state index contributed by atoms with van der Waals surface area (Å²) in [7, 11) is 6.72. The van der Waals surface area contributed by atoms with Crippen molar-refractivity contribution in [3.8, 4) is 23.5 Å². The molecular weight excluding hydrogens is 1190 g/mol. The van der Waals surface area contributed by atoms with Crippen LogP contribution in [0.4, 0.5) is 13.5 Å². The van der Waals surface area contributed by atoms with Gasteiger partial charge in [-0.3, -0.25) is 37.0 Å². The molecule has 8 aromatic rings. The van der Waals surface area contributed by atoms with E-state index in [0.29, 0.717) is 56.1 Å². The highest BCUT2D eigenvalue weighted by atomic mass is 79.9. The van der Waals surface area contributed by atoms with Crippen LogP contribution in [0.1, 0.15) is 89.2 Å². The molecule has 0 aliphatic carbocycles. The Morgan fingerprint density at radius 3 is 1.44 bits per heavy atom. The van der Waals surface area contributed by atoms with Crippen LogP contribution < -0.4 is 32.0 Å². The van der Waals surface area contributed by atoms with E-state index >= 15 is 0 Å². The van der Waals surface area contributed by atoms with Crippen LogP contribution in [0.15, 0.2) is 125 Å². The van der Waals surface area contributed by atoms with Gasteiger partial charge in [0.2, 0.25) is 0 Å². The minimum absolute atomic E-state index is 0. The van der Waals surface area contributed by atoms with Crippen molar-refractivity contribution in [2.45, 2.75) is 92.7 Å². The predicted octanol–water partition coefficient (Wildman–Crippen LogP) is 12.2. The van der Waals surface area contributed by atoms with E-state index in [4.69, 9.17) is 46.9 Å². The molecule has 0 aliphatic rings. The zero-order valence-electron chi connectivity index (χ0n) is 44.0. The molecule has 1 unspecified atom stereocenters. The number of aryl methyl sites for hydroxylation is 3. The molecule has 1 atom stereocenters. The summed E-state index contributed by atoms with van der Waals surface area (Å²) in [5, 5.41) is 18.1. The molecule has 4 heterocycles. The quantitative estimate of drug-likeness (QED) is 0.0740. The summed E-state index contributed by atoms with van der Waals surface area (Å²) in [6, 6.07) is 31.1. The molecule has 0 saturated carbocycles. The molecule has 4 aromatic heterocycles. The molecule has 2 N–H and O–H groups in total. The Morgan fingerprint density at radius 2 is 1.04 bits per heavy atom. The monoisotopic (exact) mass is 1250 g/mol. The van der Waals surface area contributed by atoms with Crippen LogP contribution in [0.3, 0.4) is 0 Å². The van der Waals surface area contributed by atoms with E-state index in [9.17, 15) is 28.6 Å². The largest absolute Gasteiger partial charge is 0.425 e. The molecule has 0 aliphatic heterocycles. The van der Waals surface area contributed by atoms with Crippen LogP contribution in [0, 0.1) is 0 Å². The highest BCUT2D eigenvalue weighted by molar-refractivity contribution is 9.10. The van der Waals surface area contributed by atoms with E-state index in [1.807, 2.05) is 79.7 Å². The Morgan fingerprint density at radius 1 is 0.641 bits per heavy atom. The number of nitrogens with zero attached hydrogens (tertiary/aromatic N) is 8. The molecule has 1 radical (unpaired) electrons. The maximum Gasteiger partial charge on any atom is 0.354 e. The SMILES string of the molecule is C.CCCC(O)c1cccc(Oc2nc3c(c(=O)n(C)c(=O)n3C)n2Cc2cccc(Br)c2)c1.CCCCc1cccc(Oc2nc3c(c(=O)n(C)c(=O)n3C)n2Cc2cccc(Br)c2)c1.CCO.CC[B]F.ClCCl.FF. The molecule has 0 bridgehead atoms. The summed E-state index contributed by atoms with van der Waals surface area (Å²) in [6.45, 7) is 8.54. The topological polar surface area (TPSA) is 183 Å². The number of aliphatic hydroxyl groups is 2. The molecule has 16 nitrogen and oxygen atoms in total. The Balaban J connectivity index is 0.000000439. The number of halogens is 7. The van der Waals surface area contributed by atoms with Gasteiger partial charge in [-0.25, -0.2) is 9.59 Å². The van der Waals surface area contributed by atoms with Crippen LogP contribution in [0.2, 0.25) is 6.32 Å². The number of unbranched alkanes of at least 4 members (excludes halogenated alkanes) is 1. The number of benzene rings is 4. The Hall–Kier alpha value is -5.91. The van der Waals surface area contributed by atoms with Gasteiger partial charge in [-0.05, 0) is 103 Å². The van der Waals surface area contributed by atoms with Gasteiger partial charge in [-0.2, -0.15) is 9.97 Å². The van der Waals surface area contributed by atoms with Crippen LogP contribution in [0.25, 0.3) is 22.3 Å². The second-order valence-corrected chi connectivity index (χ2v) is 19.4. The van der Waals surface area contributed by atoms with Crippen molar-refractivity contribution in [3.05, 3.63) is 170 Å². The van der Waals surface area contributed by atoms with Crippen molar-refractivity contribution in [2.75, 3.05) is 11.9 Å². The fourth-order valence-electron chi connectivity index (χ4n) is 7.52. The molecule has 4 aromatic carbocycles. The third kappa shape index (κ3) is 18.6. The maximum atomic E-state index is 13.1. The highest BCUT2D eigenvalue weighted by Gasteiger charge is 2.23.